The van der Waals surface area contributed by atoms with Crippen LogP contribution in [0.25, 0.3) is 0 Å². The summed E-state index contributed by atoms with van der Waals surface area (Å²) in [4.78, 5) is 27.4. The minimum atomic E-state index is -0.737. The highest BCUT2D eigenvalue weighted by atomic mass is 32.2. The summed E-state index contributed by atoms with van der Waals surface area (Å²) in [6, 6.07) is 10.4. The number of thioether (sulfide) groups is 1. The molecule has 2 amide bonds. The van der Waals surface area contributed by atoms with E-state index in [2.05, 4.69) is 5.32 Å². The summed E-state index contributed by atoms with van der Waals surface area (Å²) in [5, 5.41) is 2.38. The van der Waals surface area contributed by atoms with Crippen molar-refractivity contribution in [3.8, 4) is 0 Å². The molecule has 0 radical (unpaired) electrons. The van der Waals surface area contributed by atoms with Crippen molar-refractivity contribution in [3.63, 3.8) is 0 Å². The molecule has 7 heteroatoms. The number of carbonyl (C=O) groups excluding carboxylic acids is 2. The zero-order chi connectivity index (χ0) is 19.6. The Labute approximate surface area is 160 Å². The van der Waals surface area contributed by atoms with Crippen molar-refractivity contribution < 1.29 is 18.4 Å². The third kappa shape index (κ3) is 4.13. The van der Waals surface area contributed by atoms with Crippen LogP contribution in [0.3, 0.4) is 0 Å². The molecule has 0 bridgehead atoms. The van der Waals surface area contributed by atoms with Crippen molar-refractivity contribution in [2.24, 2.45) is 5.92 Å². The number of nitrogens with zero attached hydrogens (tertiary/aromatic N) is 1. The summed E-state index contributed by atoms with van der Waals surface area (Å²) in [7, 11) is 0. The van der Waals surface area contributed by atoms with Crippen LogP contribution in [-0.2, 0) is 4.79 Å². The first-order valence-electron chi connectivity index (χ1n) is 8.63. The number of amides is 2. The van der Waals surface area contributed by atoms with E-state index in [1.165, 1.54) is 59.1 Å². The quantitative estimate of drug-likeness (QED) is 0.854. The van der Waals surface area contributed by atoms with Crippen LogP contribution in [0.1, 0.15) is 24.2 Å². The minimum Gasteiger partial charge on any atom is -0.322 e. The lowest BCUT2D eigenvalue weighted by Crippen LogP contribution is -2.49. The monoisotopic (exact) mass is 390 g/mol. The van der Waals surface area contributed by atoms with Crippen LogP contribution in [0.5, 0.6) is 0 Å². The van der Waals surface area contributed by atoms with Crippen molar-refractivity contribution >= 4 is 29.3 Å². The molecule has 1 heterocycles. The van der Waals surface area contributed by atoms with E-state index in [1.807, 2.05) is 13.8 Å². The molecule has 2 unspecified atom stereocenters. The largest absolute Gasteiger partial charge is 0.322 e. The second-order valence-corrected chi connectivity index (χ2v) is 7.82. The molecule has 0 aromatic heterocycles. The number of carbonyl (C=O) groups is 2. The van der Waals surface area contributed by atoms with Crippen molar-refractivity contribution in [2.45, 2.75) is 25.3 Å². The van der Waals surface area contributed by atoms with Crippen molar-refractivity contribution in [1.29, 1.82) is 0 Å². The predicted molar refractivity (Wildman–Crippen MR) is 102 cm³/mol. The molecule has 2 atom stereocenters. The van der Waals surface area contributed by atoms with Gasteiger partial charge in [-0.3, -0.25) is 9.59 Å². The van der Waals surface area contributed by atoms with Gasteiger partial charge in [-0.25, -0.2) is 8.78 Å². The maximum absolute atomic E-state index is 13.9. The molecular weight excluding hydrogens is 370 g/mol. The summed E-state index contributed by atoms with van der Waals surface area (Å²) >= 11 is 1.51. The van der Waals surface area contributed by atoms with Crippen molar-refractivity contribution in [2.75, 3.05) is 11.1 Å². The topological polar surface area (TPSA) is 49.4 Å². The Morgan fingerprint density at radius 2 is 1.78 bits per heavy atom. The fraction of sp³-hybridized carbons (Fsp3) is 0.300. The highest BCUT2D eigenvalue weighted by Crippen LogP contribution is 2.35. The summed E-state index contributed by atoms with van der Waals surface area (Å²) in [6.45, 7) is 3.94. The van der Waals surface area contributed by atoms with Gasteiger partial charge in [0.25, 0.3) is 5.91 Å². The van der Waals surface area contributed by atoms with Gasteiger partial charge in [0, 0.05) is 11.3 Å². The first-order chi connectivity index (χ1) is 12.9. The van der Waals surface area contributed by atoms with Gasteiger partial charge in [-0.2, -0.15) is 0 Å². The number of halogens is 2. The standard InChI is InChI=1S/C20H20F2N2O2S/c1-12(2)20-24(19(26)13-7-9-14(21)10-8-13)17(11-27-20)18(25)23-16-6-4-3-5-15(16)22/h3-10,12,17,20H,11H2,1-2H3,(H,23,25). The first kappa shape index (κ1) is 19.4. The van der Waals surface area contributed by atoms with Crippen molar-refractivity contribution in [1.82, 2.24) is 4.90 Å². The molecule has 1 aliphatic heterocycles. The Morgan fingerprint density at radius 1 is 1.11 bits per heavy atom. The number of hydrogen-bond acceptors (Lipinski definition) is 3. The van der Waals surface area contributed by atoms with Gasteiger partial charge in [0.2, 0.25) is 5.91 Å². The Balaban J connectivity index is 1.86. The second-order valence-electron chi connectivity index (χ2n) is 6.67. The molecule has 2 aromatic rings. The van der Waals surface area contributed by atoms with E-state index < -0.39 is 23.6 Å². The number of benzene rings is 2. The van der Waals surface area contributed by atoms with Crippen LogP contribution < -0.4 is 5.32 Å². The van der Waals surface area contributed by atoms with E-state index >= 15 is 0 Å². The molecular formula is C20H20F2N2O2S. The normalized spacial score (nSPS) is 19.4. The summed E-state index contributed by atoms with van der Waals surface area (Å²) < 4.78 is 27.1. The Bertz CT molecular complexity index is 842. The van der Waals surface area contributed by atoms with Gasteiger partial charge in [0.05, 0.1) is 11.1 Å². The van der Waals surface area contributed by atoms with E-state index in [0.717, 1.165) is 0 Å². The average molecular weight is 390 g/mol. The van der Waals surface area contributed by atoms with Gasteiger partial charge in [-0.15, -0.1) is 11.8 Å². The molecule has 4 nitrogen and oxygen atoms in total. The molecule has 0 saturated carbocycles. The average Bonchev–Trinajstić information content (AvgIpc) is 3.09. The van der Waals surface area contributed by atoms with E-state index in [1.54, 1.807) is 6.07 Å². The maximum atomic E-state index is 13.9. The van der Waals surface area contributed by atoms with Crippen molar-refractivity contribution in [3.05, 3.63) is 65.7 Å². The van der Waals surface area contributed by atoms with Crippen LogP contribution in [0.15, 0.2) is 48.5 Å². The summed E-state index contributed by atoms with van der Waals surface area (Å²) in [6.07, 6.45) is 0. The number of para-hydroxylation sites is 1. The fourth-order valence-corrected chi connectivity index (χ4v) is 4.50. The molecule has 0 spiro atoms. The third-order valence-corrected chi connectivity index (χ3v) is 5.99. The molecule has 1 N–H and O–H groups in total. The Kier molecular flexibility index (Phi) is 5.79. The van der Waals surface area contributed by atoms with Gasteiger partial charge in [-0.1, -0.05) is 26.0 Å². The molecule has 3 rings (SSSR count). The zero-order valence-corrected chi connectivity index (χ0v) is 15.8. The van der Waals surface area contributed by atoms with E-state index in [9.17, 15) is 18.4 Å². The van der Waals surface area contributed by atoms with E-state index in [-0.39, 0.29) is 22.9 Å². The lowest BCUT2D eigenvalue weighted by atomic mass is 10.1. The smallest absolute Gasteiger partial charge is 0.255 e. The van der Waals surface area contributed by atoms with Crippen LogP contribution in [0, 0.1) is 17.6 Å². The second kappa shape index (κ2) is 8.08. The highest BCUT2D eigenvalue weighted by Gasteiger charge is 2.43. The summed E-state index contributed by atoms with van der Waals surface area (Å²) in [5.74, 6) is -1.22. The van der Waals surface area contributed by atoms with Crippen LogP contribution in [0.4, 0.5) is 14.5 Å². The van der Waals surface area contributed by atoms with Crippen LogP contribution >= 0.6 is 11.8 Å². The van der Waals surface area contributed by atoms with E-state index in [4.69, 9.17) is 0 Å². The lowest BCUT2D eigenvalue weighted by molar-refractivity contribution is -0.119. The molecule has 1 fully saturated rings. The predicted octanol–water partition coefficient (Wildman–Crippen LogP) is 4.14. The van der Waals surface area contributed by atoms with E-state index in [0.29, 0.717) is 11.3 Å². The highest BCUT2D eigenvalue weighted by molar-refractivity contribution is 8.00. The minimum absolute atomic E-state index is 0.0784. The number of hydrogen-bond donors (Lipinski definition) is 1. The molecule has 1 aliphatic rings. The van der Waals surface area contributed by atoms with Gasteiger partial charge in [0.1, 0.15) is 17.7 Å². The van der Waals surface area contributed by atoms with Gasteiger partial charge >= 0.3 is 0 Å². The Hall–Kier alpha value is -2.41. The molecule has 142 valence electrons. The molecule has 0 aliphatic carbocycles. The Morgan fingerprint density at radius 3 is 2.41 bits per heavy atom. The first-order valence-corrected chi connectivity index (χ1v) is 9.68. The molecule has 2 aromatic carbocycles. The summed E-state index contributed by atoms with van der Waals surface area (Å²) in [5.41, 5.74) is 0.392. The van der Waals surface area contributed by atoms with Gasteiger partial charge < -0.3 is 10.2 Å². The molecule has 27 heavy (non-hydrogen) atoms. The third-order valence-electron chi connectivity index (χ3n) is 4.37. The number of anilines is 1. The van der Waals surface area contributed by atoms with Crippen LogP contribution in [-0.4, -0.2) is 33.9 Å². The maximum Gasteiger partial charge on any atom is 0.255 e. The van der Waals surface area contributed by atoms with Crippen LogP contribution in [0.2, 0.25) is 0 Å². The fourth-order valence-electron chi connectivity index (χ4n) is 3.02. The number of nitrogens with one attached hydrogen (secondary N) is 1. The lowest BCUT2D eigenvalue weighted by Gasteiger charge is -2.31. The number of rotatable bonds is 4. The molecule has 1 saturated heterocycles. The van der Waals surface area contributed by atoms with Gasteiger partial charge in [0.15, 0.2) is 0 Å². The van der Waals surface area contributed by atoms with Gasteiger partial charge in [-0.05, 0) is 42.3 Å². The zero-order valence-electron chi connectivity index (χ0n) is 15.0. The SMILES string of the molecule is CC(C)C1SCC(C(=O)Nc2ccccc2F)N1C(=O)c1ccc(F)cc1.